The van der Waals surface area contributed by atoms with Gasteiger partial charge in [0.2, 0.25) is 0 Å². The second kappa shape index (κ2) is 7.32. The summed E-state index contributed by atoms with van der Waals surface area (Å²) in [6, 6.07) is 5.38. The highest BCUT2D eigenvalue weighted by Crippen LogP contribution is 2.36. The first-order chi connectivity index (χ1) is 9.09. The summed E-state index contributed by atoms with van der Waals surface area (Å²) in [5.41, 5.74) is 2.42. The summed E-state index contributed by atoms with van der Waals surface area (Å²) in [6.07, 6.45) is -0.0185. The van der Waals surface area contributed by atoms with Gasteiger partial charge < -0.3 is 19.6 Å². The molecule has 0 fully saturated rings. The predicted molar refractivity (Wildman–Crippen MR) is 80.3 cm³/mol. The third-order valence-electron chi connectivity index (χ3n) is 2.65. The topological polar surface area (TPSA) is 115 Å². The molecule has 1 aromatic rings. The maximum atomic E-state index is 10.9. The minimum atomic E-state index is -4.05. The minimum Gasteiger partial charge on any atom is -0.324 e. The third-order valence-corrected chi connectivity index (χ3v) is 4.91. The average molecular weight is 387 g/mol. The first kappa shape index (κ1) is 18.1. The highest BCUT2D eigenvalue weighted by molar-refractivity contribution is 9.08. The largest absolute Gasteiger partial charge is 0.325 e. The van der Waals surface area contributed by atoms with Crippen LogP contribution in [0.25, 0.3) is 0 Å². The lowest BCUT2D eigenvalue weighted by Gasteiger charge is -2.10. The van der Waals surface area contributed by atoms with Crippen LogP contribution < -0.4 is 0 Å². The highest BCUT2D eigenvalue weighted by atomic mass is 79.9. The Bertz CT molecular complexity index is 506. The predicted octanol–water partition coefficient (Wildman–Crippen LogP) is 2.02. The van der Waals surface area contributed by atoms with E-state index in [1.165, 1.54) is 0 Å². The lowest BCUT2D eigenvalue weighted by Crippen LogP contribution is -1.99. The summed E-state index contributed by atoms with van der Waals surface area (Å²) >= 11 is 3.30. The van der Waals surface area contributed by atoms with Gasteiger partial charge in [0.1, 0.15) is 0 Å². The lowest BCUT2D eigenvalue weighted by molar-refractivity contribution is 0.371. The van der Waals surface area contributed by atoms with Crippen LogP contribution in [0.3, 0.4) is 0 Å². The normalized spacial score (nSPS) is 12.7. The van der Waals surface area contributed by atoms with E-state index in [2.05, 4.69) is 15.9 Å². The average Bonchev–Trinajstić information content (AvgIpc) is 2.32. The van der Waals surface area contributed by atoms with Gasteiger partial charge in [-0.25, -0.2) is 0 Å². The molecule has 0 bridgehead atoms. The van der Waals surface area contributed by atoms with Crippen molar-refractivity contribution in [3.05, 3.63) is 34.9 Å². The van der Waals surface area contributed by atoms with E-state index in [4.69, 9.17) is 19.6 Å². The summed E-state index contributed by atoms with van der Waals surface area (Å²) in [4.78, 5) is 35.5. The molecule has 6 nitrogen and oxygen atoms in total. The Labute approximate surface area is 125 Å². The standard InChI is InChI=1S/C11H17BrO6P2/c12-8-11-6-9(1-3-19(13,14)15)5-10(7-11)2-4-20(16,17)18/h5-7H,1-4,8H2,(H2,13,14,15)(H2,16,17,18). The molecule has 114 valence electrons. The van der Waals surface area contributed by atoms with Gasteiger partial charge in [-0.15, -0.1) is 0 Å². The molecule has 0 aliphatic rings. The van der Waals surface area contributed by atoms with Crippen LogP contribution in [0.2, 0.25) is 0 Å². The number of aryl methyl sites for hydroxylation is 2. The maximum Gasteiger partial charge on any atom is 0.325 e. The van der Waals surface area contributed by atoms with Crippen molar-refractivity contribution in [2.24, 2.45) is 0 Å². The summed E-state index contributed by atoms with van der Waals surface area (Å²) in [6.45, 7) is 0. The number of hydrogen-bond donors (Lipinski definition) is 4. The van der Waals surface area contributed by atoms with Gasteiger partial charge in [-0.05, 0) is 29.5 Å². The van der Waals surface area contributed by atoms with E-state index >= 15 is 0 Å². The minimum absolute atomic E-state index is 0.230. The molecule has 0 spiro atoms. The summed E-state index contributed by atoms with van der Waals surface area (Å²) in [5.74, 6) is 0. The van der Waals surface area contributed by atoms with Crippen molar-refractivity contribution in [3.63, 3.8) is 0 Å². The smallest absolute Gasteiger partial charge is 0.324 e. The van der Waals surface area contributed by atoms with E-state index in [1.54, 1.807) is 6.07 Å². The van der Waals surface area contributed by atoms with Crippen molar-refractivity contribution in [2.45, 2.75) is 18.2 Å². The van der Waals surface area contributed by atoms with Gasteiger partial charge in [0.05, 0.1) is 12.3 Å². The van der Waals surface area contributed by atoms with Crippen molar-refractivity contribution < 1.29 is 28.7 Å². The van der Waals surface area contributed by atoms with Gasteiger partial charge in [-0.2, -0.15) is 0 Å². The van der Waals surface area contributed by atoms with Gasteiger partial charge in [0.15, 0.2) is 0 Å². The number of rotatable bonds is 7. The molecule has 0 atom stereocenters. The number of hydrogen-bond acceptors (Lipinski definition) is 2. The van der Waals surface area contributed by atoms with E-state index in [1.807, 2.05) is 12.1 Å². The van der Waals surface area contributed by atoms with E-state index in [-0.39, 0.29) is 25.2 Å². The molecule has 0 aromatic heterocycles. The summed E-state index contributed by atoms with van der Waals surface area (Å²) in [5, 5.41) is 0.569. The first-order valence-electron chi connectivity index (χ1n) is 5.86. The van der Waals surface area contributed by atoms with E-state index in [0.717, 1.165) is 16.7 Å². The van der Waals surface area contributed by atoms with Gasteiger partial charge in [0.25, 0.3) is 0 Å². The van der Waals surface area contributed by atoms with Crippen LogP contribution in [0.15, 0.2) is 18.2 Å². The first-order valence-corrected chi connectivity index (χ1v) is 10.6. The quantitative estimate of drug-likeness (QED) is 0.421. The molecule has 1 rings (SSSR count). The van der Waals surface area contributed by atoms with E-state index in [9.17, 15) is 9.13 Å². The van der Waals surface area contributed by atoms with Gasteiger partial charge >= 0.3 is 15.2 Å². The molecule has 0 heterocycles. The molecule has 1 aromatic carbocycles. The Hall–Kier alpha value is -0.000000000000000111. The Morgan fingerprint density at radius 3 is 1.45 bits per heavy atom. The van der Waals surface area contributed by atoms with Gasteiger partial charge in [-0.1, -0.05) is 34.1 Å². The van der Waals surface area contributed by atoms with Crippen molar-refractivity contribution in [1.29, 1.82) is 0 Å². The van der Waals surface area contributed by atoms with Crippen LogP contribution in [0.4, 0.5) is 0 Å². The van der Waals surface area contributed by atoms with Crippen molar-refractivity contribution >= 4 is 31.1 Å². The molecule has 0 unspecified atom stereocenters. The van der Waals surface area contributed by atoms with Crippen LogP contribution in [0, 0.1) is 0 Å². The van der Waals surface area contributed by atoms with Crippen LogP contribution in [0.5, 0.6) is 0 Å². The Balaban J connectivity index is 2.85. The number of alkyl halides is 1. The van der Waals surface area contributed by atoms with Crippen molar-refractivity contribution in [2.75, 3.05) is 12.3 Å². The second-order valence-corrected chi connectivity index (χ2v) is 8.68. The summed E-state index contributed by atoms with van der Waals surface area (Å²) < 4.78 is 21.8. The molecule has 0 saturated carbocycles. The highest BCUT2D eigenvalue weighted by Gasteiger charge is 2.15. The van der Waals surface area contributed by atoms with Crippen LogP contribution in [0.1, 0.15) is 16.7 Å². The van der Waals surface area contributed by atoms with Crippen molar-refractivity contribution in [3.8, 4) is 0 Å². The zero-order chi connectivity index (χ0) is 15.4. The van der Waals surface area contributed by atoms with Gasteiger partial charge in [-0.3, -0.25) is 9.13 Å². The zero-order valence-corrected chi connectivity index (χ0v) is 14.0. The lowest BCUT2D eigenvalue weighted by atomic mass is 10.0. The fourth-order valence-electron chi connectivity index (χ4n) is 1.75. The number of benzene rings is 1. The molecule has 0 saturated heterocycles. The monoisotopic (exact) mass is 386 g/mol. The Kier molecular flexibility index (Phi) is 6.61. The molecule has 0 amide bonds. The van der Waals surface area contributed by atoms with E-state index < -0.39 is 15.2 Å². The van der Waals surface area contributed by atoms with Crippen LogP contribution in [-0.2, 0) is 27.3 Å². The maximum absolute atomic E-state index is 10.9. The second-order valence-electron chi connectivity index (χ2n) is 4.57. The van der Waals surface area contributed by atoms with Gasteiger partial charge in [0, 0.05) is 5.33 Å². The van der Waals surface area contributed by atoms with Crippen molar-refractivity contribution in [1.82, 2.24) is 0 Å². The molecule has 9 heteroatoms. The molecule has 20 heavy (non-hydrogen) atoms. The SMILES string of the molecule is O=P(O)(O)CCc1cc(CBr)cc(CCP(=O)(O)O)c1. The molecule has 4 N–H and O–H groups in total. The number of halogens is 1. The van der Waals surface area contributed by atoms with E-state index in [0.29, 0.717) is 5.33 Å². The zero-order valence-electron chi connectivity index (χ0n) is 10.6. The third kappa shape index (κ3) is 7.70. The Morgan fingerprint density at radius 1 is 0.800 bits per heavy atom. The molecular formula is C11H17BrO6P2. The fraction of sp³-hybridized carbons (Fsp3) is 0.455. The fourth-order valence-corrected chi connectivity index (χ4v) is 3.18. The molecule has 0 aliphatic heterocycles. The van der Waals surface area contributed by atoms with Crippen LogP contribution >= 0.6 is 31.1 Å². The molecule has 0 radical (unpaired) electrons. The summed E-state index contributed by atoms with van der Waals surface area (Å²) in [7, 11) is -8.10. The molecular weight excluding hydrogens is 370 g/mol. The molecule has 0 aliphatic carbocycles. The Morgan fingerprint density at radius 2 is 1.15 bits per heavy atom. The van der Waals surface area contributed by atoms with Crippen LogP contribution in [-0.4, -0.2) is 31.9 Å².